The Morgan fingerprint density at radius 1 is 0.962 bits per heavy atom. The molecule has 0 amide bonds. The first-order valence-electron chi connectivity index (χ1n) is 8.95. The van der Waals surface area contributed by atoms with E-state index in [0.29, 0.717) is 0 Å². The second kappa shape index (κ2) is 7.42. The molecule has 2 aromatic carbocycles. The molecule has 0 spiro atoms. The number of methoxy groups -OCH3 is 1. The number of benzene rings is 2. The van der Waals surface area contributed by atoms with Gasteiger partial charge in [-0.1, -0.05) is 11.6 Å². The second-order valence-corrected chi connectivity index (χ2v) is 6.94. The van der Waals surface area contributed by atoms with E-state index in [1.165, 1.54) is 19.3 Å². The van der Waals surface area contributed by atoms with E-state index < -0.39 is 0 Å². The fraction of sp³-hybridized carbons (Fsp3) is 0.286. The Morgan fingerprint density at radius 2 is 1.65 bits per heavy atom. The number of hydrogen-bond acceptors (Lipinski definition) is 3. The molecular formula is C21H22ClN2O2+. The molecule has 1 aromatic heterocycles. The van der Waals surface area contributed by atoms with E-state index in [0.717, 1.165) is 46.9 Å². The lowest BCUT2D eigenvalue weighted by molar-refractivity contribution is -0.584. The zero-order chi connectivity index (χ0) is 17.9. The lowest BCUT2D eigenvalue weighted by Gasteiger charge is -2.19. The Hall–Kier alpha value is -2.46. The van der Waals surface area contributed by atoms with E-state index in [-0.39, 0.29) is 0 Å². The van der Waals surface area contributed by atoms with E-state index in [2.05, 4.69) is 15.7 Å². The van der Waals surface area contributed by atoms with Crippen molar-refractivity contribution in [1.29, 1.82) is 0 Å². The number of oxazole rings is 1. The van der Waals surface area contributed by atoms with Gasteiger partial charge in [-0.2, -0.15) is 4.57 Å². The standard InChI is InChI=1S/C21H22ClN2O2/c1-25-19-11-9-18(10-12-19)24-15-20(16-5-7-17(22)8-6-16)26-21(24)23-13-3-2-4-14-23/h5-12,15H,2-4,13-14H2,1H3/q+1. The molecule has 0 N–H and O–H groups in total. The van der Waals surface area contributed by atoms with E-state index in [4.69, 9.17) is 20.8 Å². The molecule has 0 aliphatic carbocycles. The van der Waals surface area contributed by atoms with Crippen LogP contribution in [0.2, 0.25) is 5.02 Å². The van der Waals surface area contributed by atoms with Crippen molar-refractivity contribution >= 4 is 17.6 Å². The molecule has 1 aliphatic rings. The summed E-state index contributed by atoms with van der Waals surface area (Å²) in [6.45, 7) is 2.04. The Bertz CT molecular complexity index is 866. The monoisotopic (exact) mass is 369 g/mol. The number of rotatable bonds is 4. The van der Waals surface area contributed by atoms with Crippen LogP contribution in [-0.4, -0.2) is 20.2 Å². The average molecular weight is 370 g/mol. The summed E-state index contributed by atoms with van der Waals surface area (Å²) in [7, 11) is 1.68. The molecule has 134 valence electrons. The minimum atomic E-state index is 0.722. The first-order chi connectivity index (χ1) is 12.7. The summed E-state index contributed by atoms with van der Waals surface area (Å²) in [5.74, 6) is 1.67. The van der Waals surface area contributed by atoms with E-state index in [1.54, 1.807) is 7.11 Å². The van der Waals surface area contributed by atoms with Crippen molar-refractivity contribution < 1.29 is 13.7 Å². The molecule has 4 nitrogen and oxygen atoms in total. The zero-order valence-corrected chi connectivity index (χ0v) is 15.6. The van der Waals surface area contributed by atoms with Gasteiger partial charge in [0, 0.05) is 10.6 Å². The predicted octanol–water partition coefficient (Wildman–Crippen LogP) is 4.88. The van der Waals surface area contributed by atoms with Crippen LogP contribution in [0, 0.1) is 0 Å². The molecule has 5 heteroatoms. The van der Waals surface area contributed by atoms with Crippen LogP contribution in [0.1, 0.15) is 19.3 Å². The topological polar surface area (TPSA) is 29.5 Å². The lowest BCUT2D eigenvalue weighted by atomic mass is 10.1. The minimum absolute atomic E-state index is 0.722. The summed E-state index contributed by atoms with van der Waals surface area (Å²) in [4.78, 5) is 2.33. The van der Waals surface area contributed by atoms with Crippen LogP contribution >= 0.6 is 11.6 Å². The van der Waals surface area contributed by atoms with Gasteiger partial charge in [-0.3, -0.25) is 0 Å². The normalized spacial score (nSPS) is 14.5. The molecule has 26 heavy (non-hydrogen) atoms. The number of aromatic nitrogens is 1. The highest BCUT2D eigenvalue weighted by atomic mass is 35.5. The molecule has 1 saturated heterocycles. The van der Waals surface area contributed by atoms with Gasteiger partial charge in [-0.05, 0) is 67.8 Å². The number of halogens is 1. The summed E-state index contributed by atoms with van der Waals surface area (Å²) in [6.07, 6.45) is 5.72. The third-order valence-corrected chi connectivity index (χ3v) is 5.01. The maximum atomic E-state index is 6.31. The van der Waals surface area contributed by atoms with Crippen molar-refractivity contribution in [3.05, 3.63) is 59.8 Å². The van der Waals surface area contributed by atoms with Crippen molar-refractivity contribution in [2.24, 2.45) is 0 Å². The molecule has 0 saturated carbocycles. The van der Waals surface area contributed by atoms with E-state index in [1.807, 2.05) is 48.5 Å². The molecule has 1 aliphatic heterocycles. The summed E-state index contributed by atoms with van der Waals surface area (Å²) in [6, 6.07) is 16.7. The van der Waals surface area contributed by atoms with Crippen LogP contribution in [0.25, 0.3) is 17.0 Å². The second-order valence-electron chi connectivity index (χ2n) is 6.50. The fourth-order valence-electron chi connectivity index (χ4n) is 3.32. The zero-order valence-electron chi connectivity index (χ0n) is 14.8. The summed E-state index contributed by atoms with van der Waals surface area (Å²) >= 11 is 6.03. The largest absolute Gasteiger partial charge is 0.497 e. The molecular weight excluding hydrogens is 348 g/mol. The van der Waals surface area contributed by atoms with Crippen LogP contribution < -0.4 is 14.2 Å². The van der Waals surface area contributed by atoms with Gasteiger partial charge >= 0.3 is 6.01 Å². The molecule has 2 heterocycles. The number of hydrogen-bond donors (Lipinski definition) is 0. The minimum Gasteiger partial charge on any atom is -0.497 e. The molecule has 0 atom stereocenters. The van der Waals surface area contributed by atoms with Gasteiger partial charge in [0.1, 0.15) is 17.6 Å². The number of anilines is 1. The van der Waals surface area contributed by atoms with Gasteiger partial charge in [0.2, 0.25) is 0 Å². The molecule has 0 bridgehead atoms. The van der Waals surface area contributed by atoms with Crippen molar-refractivity contribution in [2.45, 2.75) is 19.3 Å². The molecule has 0 radical (unpaired) electrons. The average Bonchev–Trinajstić information content (AvgIpc) is 3.15. The Kier molecular flexibility index (Phi) is 4.85. The van der Waals surface area contributed by atoms with Crippen LogP contribution in [0.5, 0.6) is 5.75 Å². The van der Waals surface area contributed by atoms with Gasteiger partial charge in [0.25, 0.3) is 0 Å². The van der Waals surface area contributed by atoms with Crippen LogP contribution in [0.15, 0.2) is 59.1 Å². The quantitative estimate of drug-likeness (QED) is 0.614. The SMILES string of the molecule is COc1ccc(-[n+]2cc(-c3ccc(Cl)cc3)oc2N2CCCCC2)cc1. The summed E-state index contributed by atoms with van der Waals surface area (Å²) < 4.78 is 13.7. The van der Waals surface area contributed by atoms with Gasteiger partial charge in [0.15, 0.2) is 5.76 Å². The van der Waals surface area contributed by atoms with Gasteiger partial charge in [-0.15, -0.1) is 0 Å². The van der Waals surface area contributed by atoms with Crippen molar-refractivity contribution in [3.63, 3.8) is 0 Å². The van der Waals surface area contributed by atoms with Gasteiger partial charge in [-0.25, -0.2) is 4.90 Å². The Labute approximate surface area is 158 Å². The van der Waals surface area contributed by atoms with Crippen LogP contribution in [0.4, 0.5) is 6.01 Å². The summed E-state index contributed by atoms with van der Waals surface area (Å²) in [5, 5.41) is 0.722. The first-order valence-corrected chi connectivity index (χ1v) is 9.33. The molecule has 1 fully saturated rings. The van der Waals surface area contributed by atoms with E-state index >= 15 is 0 Å². The van der Waals surface area contributed by atoms with Crippen molar-refractivity contribution in [1.82, 2.24) is 0 Å². The van der Waals surface area contributed by atoms with E-state index in [9.17, 15) is 0 Å². The predicted molar refractivity (Wildman–Crippen MR) is 103 cm³/mol. The smallest absolute Gasteiger partial charge is 0.462 e. The highest BCUT2D eigenvalue weighted by molar-refractivity contribution is 6.30. The number of piperidine rings is 1. The van der Waals surface area contributed by atoms with Crippen LogP contribution in [-0.2, 0) is 0 Å². The van der Waals surface area contributed by atoms with Gasteiger partial charge in [0.05, 0.1) is 20.2 Å². The molecule has 4 rings (SSSR count). The van der Waals surface area contributed by atoms with Crippen LogP contribution in [0.3, 0.4) is 0 Å². The highest BCUT2D eigenvalue weighted by Gasteiger charge is 2.29. The van der Waals surface area contributed by atoms with Crippen molar-refractivity contribution in [2.75, 3.05) is 25.1 Å². The first kappa shape index (κ1) is 17.0. The third-order valence-electron chi connectivity index (χ3n) is 4.76. The molecule has 0 unspecified atom stereocenters. The fourth-order valence-corrected chi connectivity index (χ4v) is 3.45. The Morgan fingerprint density at radius 3 is 2.31 bits per heavy atom. The van der Waals surface area contributed by atoms with Crippen molar-refractivity contribution in [3.8, 4) is 22.8 Å². The highest BCUT2D eigenvalue weighted by Crippen LogP contribution is 2.28. The van der Waals surface area contributed by atoms with Gasteiger partial charge < -0.3 is 9.15 Å². The maximum Gasteiger partial charge on any atom is 0.462 e. The lowest BCUT2D eigenvalue weighted by Crippen LogP contribution is -2.40. The number of ether oxygens (including phenoxy) is 1. The molecule has 3 aromatic rings. The summed E-state index contributed by atoms with van der Waals surface area (Å²) in [5.41, 5.74) is 2.07. The Balaban J connectivity index is 1.77. The maximum absolute atomic E-state index is 6.31. The third kappa shape index (κ3) is 3.42. The number of nitrogens with zero attached hydrogens (tertiary/aromatic N) is 2.